The summed E-state index contributed by atoms with van der Waals surface area (Å²) in [7, 11) is -0.239. The maximum absolute atomic E-state index is 6.02. The normalized spacial score (nSPS) is 13.8. The van der Waals surface area contributed by atoms with Gasteiger partial charge < -0.3 is 9.31 Å². The molecule has 0 saturated carbocycles. The topological polar surface area (TPSA) is 21.7 Å². The van der Waals surface area contributed by atoms with Crippen LogP contribution in [-0.4, -0.2) is 18.6 Å². The van der Waals surface area contributed by atoms with Crippen molar-refractivity contribution >= 4 is 7.12 Å². The van der Waals surface area contributed by atoms with E-state index in [2.05, 4.69) is 72.5 Å². The summed E-state index contributed by atoms with van der Waals surface area (Å²) in [5.74, 6) is 1.92. The third-order valence-electron chi connectivity index (χ3n) is 4.84. The first-order valence-electron chi connectivity index (χ1n) is 9.50. The van der Waals surface area contributed by atoms with Crippen LogP contribution in [0.4, 0.5) is 0 Å². The third kappa shape index (κ3) is 4.52. The SMILES string of the molecule is CC(CN(Cc1ccccc1)Cc1ccccc1)B1Oc2ccccc2O1. The first-order valence-corrected chi connectivity index (χ1v) is 9.50. The van der Waals surface area contributed by atoms with E-state index >= 15 is 0 Å². The lowest BCUT2D eigenvalue weighted by Crippen LogP contribution is -2.37. The molecule has 1 aliphatic rings. The summed E-state index contributed by atoms with van der Waals surface area (Å²) >= 11 is 0. The molecule has 0 aromatic heterocycles. The van der Waals surface area contributed by atoms with Crippen LogP contribution in [0.3, 0.4) is 0 Å². The van der Waals surface area contributed by atoms with Crippen LogP contribution in [0, 0.1) is 0 Å². The first kappa shape index (κ1) is 17.7. The molecule has 3 aromatic carbocycles. The Balaban J connectivity index is 1.45. The Kier molecular flexibility index (Phi) is 5.45. The fourth-order valence-corrected chi connectivity index (χ4v) is 3.51. The molecule has 1 heterocycles. The molecule has 1 aliphatic heterocycles. The summed E-state index contributed by atoms with van der Waals surface area (Å²) in [5, 5.41) is 0. The molecule has 3 nitrogen and oxygen atoms in total. The lowest BCUT2D eigenvalue weighted by Gasteiger charge is -2.26. The van der Waals surface area contributed by atoms with Gasteiger partial charge in [0.05, 0.1) is 0 Å². The summed E-state index contributed by atoms with van der Waals surface area (Å²) in [5.41, 5.74) is 2.63. The van der Waals surface area contributed by atoms with E-state index in [4.69, 9.17) is 9.31 Å². The van der Waals surface area contributed by atoms with E-state index in [-0.39, 0.29) is 12.9 Å². The fourth-order valence-electron chi connectivity index (χ4n) is 3.51. The van der Waals surface area contributed by atoms with Crippen molar-refractivity contribution in [1.82, 2.24) is 4.90 Å². The maximum atomic E-state index is 6.02. The van der Waals surface area contributed by atoms with Crippen molar-refractivity contribution in [2.45, 2.75) is 25.8 Å². The zero-order valence-electron chi connectivity index (χ0n) is 15.6. The summed E-state index contributed by atoms with van der Waals surface area (Å²) in [4.78, 5) is 2.46. The van der Waals surface area contributed by atoms with Gasteiger partial charge in [0.2, 0.25) is 0 Å². The van der Waals surface area contributed by atoms with Crippen molar-refractivity contribution in [3.05, 3.63) is 96.1 Å². The summed E-state index contributed by atoms with van der Waals surface area (Å²) < 4.78 is 12.0. The minimum atomic E-state index is -0.239. The average Bonchev–Trinajstić information content (AvgIpc) is 3.14. The molecule has 0 aliphatic carbocycles. The average molecular weight is 357 g/mol. The lowest BCUT2D eigenvalue weighted by molar-refractivity contribution is 0.248. The van der Waals surface area contributed by atoms with E-state index in [1.807, 2.05) is 24.3 Å². The Morgan fingerprint density at radius 1 is 0.704 bits per heavy atom. The highest BCUT2D eigenvalue weighted by atomic mass is 16.6. The minimum absolute atomic E-state index is 0.239. The second-order valence-corrected chi connectivity index (χ2v) is 7.17. The molecular formula is C23H24BNO2. The molecule has 4 heteroatoms. The van der Waals surface area contributed by atoms with Gasteiger partial charge in [-0.15, -0.1) is 0 Å². The zero-order valence-corrected chi connectivity index (χ0v) is 15.6. The summed E-state index contributed by atoms with van der Waals surface area (Å²) in [6.45, 7) is 4.89. The predicted molar refractivity (Wildman–Crippen MR) is 110 cm³/mol. The first-order chi connectivity index (χ1) is 13.3. The van der Waals surface area contributed by atoms with Crippen molar-refractivity contribution in [1.29, 1.82) is 0 Å². The second-order valence-electron chi connectivity index (χ2n) is 7.17. The van der Waals surface area contributed by atoms with Gasteiger partial charge in [0.1, 0.15) is 11.5 Å². The Bertz CT molecular complexity index is 790. The predicted octanol–water partition coefficient (Wildman–Crippen LogP) is 5.04. The molecule has 1 unspecified atom stereocenters. The van der Waals surface area contributed by atoms with Gasteiger partial charge >= 0.3 is 7.12 Å². The van der Waals surface area contributed by atoms with E-state index in [0.717, 1.165) is 31.1 Å². The van der Waals surface area contributed by atoms with Crippen molar-refractivity contribution in [3.8, 4) is 11.5 Å². The Morgan fingerprint density at radius 2 is 1.15 bits per heavy atom. The van der Waals surface area contributed by atoms with E-state index in [1.54, 1.807) is 0 Å². The monoisotopic (exact) mass is 357 g/mol. The van der Waals surface area contributed by atoms with Crippen LogP contribution in [0.25, 0.3) is 0 Å². The molecule has 27 heavy (non-hydrogen) atoms. The van der Waals surface area contributed by atoms with Gasteiger partial charge in [0.15, 0.2) is 0 Å². The zero-order chi connectivity index (χ0) is 18.5. The molecule has 0 saturated heterocycles. The highest BCUT2D eigenvalue weighted by Gasteiger charge is 2.38. The minimum Gasteiger partial charge on any atom is -0.523 e. The van der Waals surface area contributed by atoms with E-state index in [9.17, 15) is 0 Å². The van der Waals surface area contributed by atoms with Crippen molar-refractivity contribution in [2.75, 3.05) is 6.54 Å². The molecule has 0 bridgehead atoms. The van der Waals surface area contributed by atoms with Crippen LogP contribution in [0.5, 0.6) is 11.5 Å². The standard InChI is InChI=1S/C23H24BNO2/c1-19(24-26-22-14-8-9-15-23(22)27-24)16-25(17-20-10-4-2-5-11-20)18-21-12-6-3-7-13-21/h2-15,19H,16-18H2,1H3. The second kappa shape index (κ2) is 8.32. The molecule has 3 aromatic rings. The van der Waals surface area contributed by atoms with Gasteiger partial charge in [-0.05, 0) is 23.3 Å². The van der Waals surface area contributed by atoms with Crippen molar-refractivity contribution in [3.63, 3.8) is 0 Å². The fraction of sp³-hybridized carbons (Fsp3) is 0.217. The molecule has 0 spiro atoms. The molecule has 136 valence electrons. The number of fused-ring (bicyclic) bond motifs is 1. The molecule has 0 radical (unpaired) electrons. The third-order valence-corrected chi connectivity index (χ3v) is 4.84. The largest absolute Gasteiger partial charge is 0.599 e. The van der Waals surface area contributed by atoms with Crippen LogP contribution >= 0.6 is 0 Å². The number of nitrogens with zero attached hydrogens (tertiary/aromatic N) is 1. The van der Waals surface area contributed by atoms with E-state index in [0.29, 0.717) is 0 Å². The van der Waals surface area contributed by atoms with Gasteiger partial charge in [-0.3, -0.25) is 4.90 Å². The van der Waals surface area contributed by atoms with Crippen LogP contribution < -0.4 is 9.31 Å². The van der Waals surface area contributed by atoms with Crippen molar-refractivity contribution < 1.29 is 9.31 Å². The lowest BCUT2D eigenvalue weighted by atomic mass is 9.73. The van der Waals surface area contributed by atoms with Gasteiger partial charge in [-0.25, -0.2) is 0 Å². The molecule has 1 atom stereocenters. The maximum Gasteiger partial charge on any atom is 0.599 e. The summed E-state index contributed by atoms with van der Waals surface area (Å²) in [6.07, 6.45) is 0. The van der Waals surface area contributed by atoms with Crippen LogP contribution in [0.2, 0.25) is 5.82 Å². The smallest absolute Gasteiger partial charge is 0.523 e. The quantitative estimate of drug-likeness (QED) is 0.553. The molecular weight excluding hydrogens is 333 g/mol. The number of benzene rings is 3. The number of hydrogen-bond donors (Lipinski definition) is 0. The molecule has 0 amide bonds. The van der Waals surface area contributed by atoms with Gasteiger partial charge in [-0.1, -0.05) is 79.7 Å². The van der Waals surface area contributed by atoms with Gasteiger partial charge in [0, 0.05) is 25.5 Å². The number of hydrogen-bond acceptors (Lipinski definition) is 3. The van der Waals surface area contributed by atoms with Gasteiger partial charge in [-0.2, -0.15) is 0 Å². The van der Waals surface area contributed by atoms with E-state index in [1.165, 1.54) is 11.1 Å². The van der Waals surface area contributed by atoms with Crippen LogP contribution in [0.1, 0.15) is 18.1 Å². The van der Waals surface area contributed by atoms with Crippen LogP contribution in [-0.2, 0) is 13.1 Å². The highest BCUT2D eigenvalue weighted by molar-refractivity contribution is 6.49. The Hall–Kier alpha value is -2.72. The van der Waals surface area contributed by atoms with E-state index < -0.39 is 0 Å². The molecule has 0 N–H and O–H groups in total. The Morgan fingerprint density at radius 3 is 1.63 bits per heavy atom. The number of para-hydroxylation sites is 2. The highest BCUT2D eigenvalue weighted by Crippen LogP contribution is 2.36. The van der Waals surface area contributed by atoms with Gasteiger partial charge in [0.25, 0.3) is 0 Å². The number of rotatable bonds is 7. The molecule has 4 rings (SSSR count). The van der Waals surface area contributed by atoms with Crippen LogP contribution in [0.15, 0.2) is 84.9 Å². The Labute approximate surface area is 161 Å². The summed E-state index contributed by atoms with van der Waals surface area (Å²) in [6, 6.07) is 29.1. The molecule has 0 fully saturated rings. The van der Waals surface area contributed by atoms with Crippen molar-refractivity contribution in [2.24, 2.45) is 0 Å².